The quantitative estimate of drug-likeness (QED) is 0.568. The van der Waals surface area contributed by atoms with E-state index in [-0.39, 0.29) is 5.82 Å². The monoisotopic (exact) mass is 200 g/mol. The molecular formula is C7H12N4O3. The van der Waals surface area contributed by atoms with Crippen molar-refractivity contribution in [1.82, 2.24) is 14.9 Å². The van der Waals surface area contributed by atoms with Gasteiger partial charge in [0.1, 0.15) is 18.5 Å². The molecule has 7 nitrogen and oxygen atoms in total. The molecule has 0 fully saturated rings. The average Bonchev–Trinajstić information content (AvgIpc) is 2.52. The van der Waals surface area contributed by atoms with Gasteiger partial charge in [0.2, 0.25) is 0 Å². The van der Waals surface area contributed by atoms with Crippen molar-refractivity contribution in [2.24, 2.45) is 0 Å². The van der Waals surface area contributed by atoms with Crippen LogP contribution in [0.2, 0.25) is 0 Å². The summed E-state index contributed by atoms with van der Waals surface area (Å²) in [4.78, 5) is 11.1. The second kappa shape index (κ2) is 4.16. The molecule has 0 radical (unpaired) electrons. The van der Waals surface area contributed by atoms with Crippen LogP contribution in [0.1, 0.15) is 25.8 Å². The molecule has 1 rings (SSSR count). The third-order valence-corrected chi connectivity index (χ3v) is 1.56. The minimum Gasteiger partial charge on any atom is -0.385 e. The maximum Gasteiger partial charge on any atom is 0.267 e. The summed E-state index contributed by atoms with van der Waals surface area (Å²) >= 11 is 0. The first-order chi connectivity index (χ1) is 6.52. The largest absolute Gasteiger partial charge is 0.385 e. The van der Waals surface area contributed by atoms with Gasteiger partial charge < -0.3 is 10.2 Å². The Balaban J connectivity index is 2.76. The molecule has 1 aromatic heterocycles. The summed E-state index contributed by atoms with van der Waals surface area (Å²) < 4.78 is 1.17. The molecule has 3 N–H and O–H groups in total. The molecular weight excluding hydrogens is 188 g/mol. The van der Waals surface area contributed by atoms with Crippen molar-refractivity contribution in [3.63, 3.8) is 0 Å². The Morgan fingerprint density at radius 1 is 1.57 bits per heavy atom. The molecule has 2 atom stereocenters. The van der Waals surface area contributed by atoms with E-state index in [1.54, 1.807) is 0 Å². The van der Waals surface area contributed by atoms with Crippen LogP contribution in [0.25, 0.3) is 0 Å². The van der Waals surface area contributed by atoms with Gasteiger partial charge in [-0.1, -0.05) is 0 Å². The number of amides is 1. The summed E-state index contributed by atoms with van der Waals surface area (Å²) in [6, 6.07) is 0. The first-order valence-electron chi connectivity index (χ1n) is 4.09. The van der Waals surface area contributed by atoms with Gasteiger partial charge in [-0.2, -0.15) is 0 Å². The summed E-state index contributed by atoms with van der Waals surface area (Å²) in [5, 5.41) is 25.2. The van der Waals surface area contributed by atoms with Crippen LogP contribution < -0.4 is 5.43 Å². The SMILES string of the molecule is CC(O)C(=O)Nn1cnnc1C(C)O. The van der Waals surface area contributed by atoms with Crippen molar-refractivity contribution in [2.45, 2.75) is 26.1 Å². The third kappa shape index (κ3) is 2.27. The summed E-state index contributed by atoms with van der Waals surface area (Å²) in [5.41, 5.74) is 2.31. The van der Waals surface area contributed by atoms with E-state index in [9.17, 15) is 9.90 Å². The summed E-state index contributed by atoms with van der Waals surface area (Å²) in [5.74, 6) is -0.384. The van der Waals surface area contributed by atoms with Gasteiger partial charge in [-0.3, -0.25) is 10.2 Å². The zero-order chi connectivity index (χ0) is 10.7. The maximum absolute atomic E-state index is 11.1. The highest BCUT2D eigenvalue weighted by molar-refractivity contribution is 5.87. The van der Waals surface area contributed by atoms with Gasteiger partial charge in [0.05, 0.1) is 0 Å². The second-order valence-electron chi connectivity index (χ2n) is 2.89. The molecule has 0 aromatic carbocycles. The Morgan fingerprint density at radius 2 is 2.21 bits per heavy atom. The van der Waals surface area contributed by atoms with Crippen LogP contribution in [0.5, 0.6) is 0 Å². The maximum atomic E-state index is 11.1. The molecule has 1 heterocycles. The minimum absolute atomic E-state index is 0.207. The van der Waals surface area contributed by atoms with Crippen LogP contribution in [0.3, 0.4) is 0 Å². The smallest absolute Gasteiger partial charge is 0.267 e. The van der Waals surface area contributed by atoms with Crippen molar-refractivity contribution in [2.75, 3.05) is 5.43 Å². The number of aromatic nitrogens is 3. The van der Waals surface area contributed by atoms with E-state index in [2.05, 4.69) is 15.6 Å². The number of hydrogen-bond donors (Lipinski definition) is 3. The second-order valence-corrected chi connectivity index (χ2v) is 2.89. The molecule has 1 aromatic rings. The molecule has 78 valence electrons. The summed E-state index contributed by atoms with van der Waals surface area (Å²) in [7, 11) is 0. The van der Waals surface area contributed by atoms with Gasteiger partial charge in [0, 0.05) is 0 Å². The van der Waals surface area contributed by atoms with E-state index in [0.717, 1.165) is 0 Å². The number of aliphatic hydroxyl groups is 2. The molecule has 1 amide bonds. The fourth-order valence-electron chi connectivity index (χ4n) is 0.827. The van der Waals surface area contributed by atoms with Crippen molar-refractivity contribution < 1.29 is 15.0 Å². The van der Waals surface area contributed by atoms with Crippen molar-refractivity contribution in [3.8, 4) is 0 Å². The summed E-state index contributed by atoms with van der Waals surface area (Å²) in [6.07, 6.45) is -0.728. The van der Waals surface area contributed by atoms with E-state index >= 15 is 0 Å². The van der Waals surface area contributed by atoms with E-state index in [0.29, 0.717) is 0 Å². The molecule has 7 heteroatoms. The van der Waals surface area contributed by atoms with E-state index in [1.807, 2.05) is 0 Å². The van der Waals surface area contributed by atoms with E-state index < -0.39 is 18.1 Å². The predicted molar refractivity (Wildman–Crippen MR) is 46.7 cm³/mol. The molecule has 0 spiro atoms. The molecule has 0 aliphatic carbocycles. The van der Waals surface area contributed by atoms with Gasteiger partial charge in [-0.15, -0.1) is 10.2 Å². The standard InChI is InChI=1S/C7H12N4O3/c1-4(12)6-9-8-3-11(6)10-7(14)5(2)13/h3-5,12-13H,1-2H3,(H,10,14). The molecule has 0 bridgehead atoms. The number of hydrogen-bond acceptors (Lipinski definition) is 5. The van der Waals surface area contributed by atoms with Gasteiger partial charge >= 0.3 is 0 Å². The summed E-state index contributed by atoms with van der Waals surface area (Å²) in [6.45, 7) is 2.83. The van der Waals surface area contributed by atoms with Crippen LogP contribution in [0.15, 0.2) is 6.33 Å². The Bertz CT molecular complexity index is 320. The number of nitrogens with one attached hydrogen (secondary N) is 1. The highest BCUT2D eigenvalue weighted by Gasteiger charge is 2.14. The average molecular weight is 200 g/mol. The van der Waals surface area contributed by atoms with Crippen LogP contribution in [0.4, 0.5) is 0 Å². The zero-order valence-electron chi connectivity index (χ0n) is 7.88. The van der Waals surface area contributed by atoms with Gasteiger partial charge in [-0.05, 0) is 13.8 Å². The Morgan fingerprint density at radius 3 is 2.71 bits per heavy atom. The molecule has 2 unspecified atom stereocenters. The van der Waals surface area contributed by atoms with Crippen LogP contribution in [-0.2, 0) is 4.79 Å². The minimum atomic E-state index is -1.13. The highest BCUT2D eigenvalue weighted by atomic mass is 16.3. The van der Waals surface area contributed by atoms with Crippen LogP contribution in [0, 0.1) is 0 Å². The Labute approximate surface area is 80.4 Å². The third-order valence-electron chi connectivity index (χ3n) is 1.56. The lowest BCUT2D eigenvalue weighted by Crippen LogP contribution is -2.32. The first-order valence-corrected chi connectivity index (χ1v) is 4.09. The van der Waals surface area contributed by atoms with Gasteiger partial charge in [0.15, 0.2) is 5.82 Å². The lowest BCUT2D eigenvalue weighted by molar-refractivity contribution is -0.124. The normalized spacial score (nSPS) is 14.9. The molecule has 0 saturated heterocycles. The van der Waals surface area contributed by atoms with E-state index in [1.165, 1.54) is 24.9 Å². The predicted octanol–water partition coefficient (Wildman–Crippen LogP) is -1.22. The topological polar surface area (TPSA) is 100 Å². The van der Waals surface area contributed by atoms with Crippen molar-refractivity contribution >= 4 is 5.91 Å². The van der Waals surface area contributed by atoms with Gasteiger partial charge in [-0.25, -0.2) is 4.68 Å². The van der Waals surface area contributed by atoms with Crippen molar-refractivity contribution in [1.29, 1.82) is 0 Å². The molecule has 0 aliphatic rings. The first kappa shape index (κ1) is 10.6. The molecule has 14 heavy (non-hydrogen) atoms. The van der Waals surface area contributed by atoms with E-state index in [4.69, 9.17) is 5.11 Å². The van der Waals surface area contributed by atoms with Gasteiger partial charge in [0.25, 0.3) is 5.91 Å². The number of carbonyl (C=O) groups excluding carboxylic acids is 1. The lowest BCUT2D eigenvalue weighted by atomic mass is 10.4. The van der Waals surface area contributed by atoms with Crippen LogP contribution in [-0.4, -0.2) is 37.1 Å². The number of carbonyl (C=O) groups is 1. The van der Waals surface area contributed by atoms with Crippen molar-refractivity contribution in [3.05, 3.63) is 12.2 Å². The molecule has 0 saturated carbocycles. The Hall–Kier alpha value is -1.47. The highest BCUT2D eigenvalue weighted by Crippen LogP contribution is 2.05. The lowest BCUT2D eigenvalue weighted by Gasteiger charge is -2.10. The Kier molecular flexibility index (Phi) is 3.15. The van der Waals surface area contributed by atoms with Crippen LogP contribution >= 0.6 is 0 Å². The number of nitrogens with zero attached hydrogens (tertiary/aromatic N) is 3. The fourth-order valence-corrected chi connectivity index (χ4v) is 0.827. The fraction of sp³-hybridized carbons (Fsp3) is 0.571. The number of rotatable bonds is 3. The number of aliphatic hydroxyl groups excluding tert-OH is 2. The zero-order valence-corrected chi connectivity index (χ0v) is 7.88. The molecule has 0 aliphatic heterocycles.